The lowest BCUT2D eigenvalue weighted by Gasteiger charge is -2.10. The van der Waals surface area contributed by atoms with Crippen LogP contribution in [0.3, 0.4) is 0 Å². The first-order valence-corrected chi connectivity index (χ1v) is 7.90. The minimum atomic E-state index is -0.0821. The van der Waals surface area contributed by atoms with Gasteiger partial charge in [0.2, 0.25) is 0 Å². The minimum Gasteiger partial charge on any atom is -0.494 e. The predicted octanol–water partition coefficient (Wildman–Crippen LogP) is 3.32. The molecular formula is C15H17NO3S2. The Kier molecular flexibility index (Phi) is 5.25. The molecule has 112 valence electrons. The Morgan fingerprint density at radius 2 is 2.00 bits per heavy atom. The van der Waals surface area contributed by atoms with Crippen molar-refractivity contribution in [1.29, 1.82) is 0 Å². The van der Waals surface area contributed by atoms with Crippen LogP contribution in [0.25, 0.3) is 6.08 Å². The molecule has 21 heavy (non-hydrogen) atoms. The number of hydrogen-bond acceptors (Lipinski definition) is 5. The number of nitrogens with zero attached hydrogens (tertiary/aromatic N) is 1. The molecule has 1 aromatic rings. The molecule has 1 heterocycles. The van der Waals surface area contributed by atoms with E-state index in [1.807, 2.05) is 38.1 Å². The van der Waals surface area contributed by atoms with Gasteiger partial charge in [0.15, 0.2) is 0 Å². The number of likely N-dealkylation sites (N-methyl/N-ethyl adjacent to an activating group) is 1. The van der Waals surface area contributed by atoms with E-state index in [0.29, 0.717) is 28.2 Å². The fraction of sp³-hybridized carbons (Fsp3) is 0.333. The van der Waals surface area contributed by atoms with Crippen LogP contribution in [0.15, 0.2) is 23.1 Å². The van der Waals surface area contributed by atoms with Crippen LogP contribution in [0.4, 0.5) is 0 Å². The Morgan fingerprint density at radius 3 is 2.57 bits per heavy atom. The average Bonchev–Trinajstić information content (AvgIpc) is 2.70. The molecule has 0 radical (unpaired) electrons. The average molecular weight is 323 g/mol. The van der Waals surface area contributed by atoms with E-state index >= 15 is 0 Å². The summed E-state index contributed by atoms with van der Waals surface area (Å²) in [5.41, 5.74) is 0.842. The summed E-state index contributed by atoms with van der Waals surface area (Å²) in [4.78, 5) is 14.1. The SMILES string of the molecule is CCOc1ccc(/C=C2\SC(=S)N(C)C2=O)c(OCC)c1. The van der Waals surface area contributed by atoms with Gasteiger partial charge in [-0.2, -0.15) is 0 Å². The molecule has 1 aromatic carbocycles. The highest BCUT2D eigenvalue weighted by Gasteiger charge is 2.28. The molecule has 1 aliphatic heterocycles. The first-order valence-electron chi connectivity index (χ1n) is 6.68. The molecule has 0 bridgehead atoms. The van der Waals surface area contributed by atoms with Crippen LogP contribution in [0.2, 0.25) is 0 Å². The largest absolute Gasteiger partial charge is 0.494 e. The molecule has 0 aliphatic carbocycles. The quantitative estimate of drug-likeness (QED) is 0.614. The Hall–Kier alpha value is -1.53. The fourth-order valence-electron chi connectivity index (χ4n) is 1.86. The van der Waals surface area contributed by atoms with Gasteiger partial charge in [-0.05, 0) is 32.1 Å². The van der Waals surface area contributed by atoms with Crippen LogP contribution in [-0.2, 0) is 4.79 Å². The van der Waals surface area contributed by atoms with E-state index in [1.165, 1.54) is 16.7 Å². The number of ether oxygens (including phenoxy) is 2. The second-order valence-electron chi connectivity index (χ2n) is 4.31. The van der Waals surface area contributed by atoms with Crippen molar-refractivity contribution in [2.45, 2.75) is 13.8 Å². The lowest BCUT2D eigenvalue weighted by Crippen LogP contribution is -2.22. The van der Waals surface area contributed by atoms with Crippen molar-refractivity contribution in [2.75, 3.05) is 20.3 Å². The Bertz CT molecular complexity index is 599. The third-order valence-corrected chi connectivity index (χ3v) is 4.35. The van der Waals surface area contributed by atoms with Gasteiger partial charge in [0.25, 0.3) is 5.91 Å². The van der Waals surface area contributed by atoms with E-state index in [4.69, 9.17) is 21.7 Å². The van der Waals surface area contributed by atoms with Crippen LogP contribution in [0.5, 0.6) is 11.5 Å². The molecule has 1 saturated heterocycles. The topological polar surface area (TPSA) is 38.8 Å². The normalized spacial score (nSPS) is 16.7. The Labute approximate surface area is 134 Å². The molecule has 4 nitrogen and oxygen atoms in total. The molecule has 6 heteroatoms. The van der Waals surface area contributed by atoms with Gasteiger partial charge in [0.05, 0.1) is 18.1 Å². The maximum atomic E-state index is 12.0. The molecule has 2 rings (SSSR count). The van der Waals surface area contributed by atoms with E-state index in [2.05, 4.69) is 0 Å². The number of thiocarbonyl (C=S) groups is 1. The number of carbonyl (C=O) groups is 1. The first-order chi connectivity index (χ1) is 10.1. The minimum absolute atomic E-state index is 0.0821. The number of amides is 1. The highest BCUT2D eigenvalue weighted by molar-refractivity contribution is 8.26. The highest BCUT2D eigenvalue weighted by atomic mass is 32.2. The van der Waals surface area contributed by atoms with Crippen molar-refractivity contribution in [3.8, 4) is 11.5 Å². The summed E-state index contributed by atoms with van der Waals surface area (Å²) in [6.07, 6.45) is 1.81. The van der Waals surface area contributed by atoms with Crippen molar-refractivity contribution in [1.82, 2.24) is 4.90 Å². The van der Waals surface area contributed by atoms with Gasteiger partial charge in [-0.3, -0.25) is 9.69 Å². The monoisotopic (exact) mass is 323 g/mol. The lowest BCUT2D eigenvalue weighted by molar-refractivity contribution is -0.121. The van der Waals surface area contributed by atoms with Crippen LogP contribution in [0.1, 0.15) is 19.4 Å². The third-order valence-electron chi connectivity index (χ3n) is 2.87. The molecule has 0 atom stereocenters. The van der Waals surface area contributed by atoms with Crippen LogP contribution in [-0.4, -0.2) is 35.4 Å². The fourth-order valence-corrected chi connectivity index (χ4v) is 3.03. The maximum Gasteiger partial charge on any atom is 0.265 e. The molecule has 0 spiro atoms. The standard InChI is InChI=1S/C15H17NO3S2/c1-4-18-11-7-6-10(12(9-11)19-5-2)8-13-14(17)16(3)15(20)21-13/h6-9H,4-5H2,1-3H3/b13-8-. The smallest absolute Gasteiger partial charge is 0.265 e. The Morgan fingerprint density at radius 1 is 1.29 bits per heavy atom. The van der Waals surface area contributed by atoms with Gasteiger partial charge in [-0.15, -0.1) is 0 Å². The van der Waals surface area contributed by atoms with Crippen LogP contribution in [0, 0.1) is 0 Å². The number of rotatable bonds is 5. The summed E-state index contributed by atoms with van der Waals surface area (Å²) in [5.74, 6) is 1.37. The summed E-state index contributed by atoms with van der Waals surface area (Å²) >= 11 is 6.43. The number of benzene rings is 1. The number of thioether (sulfide) groups is 1. The van der Waals surface area contributed by atoms with Gasteiger partial charge >= 0.3 is 0 Å². The van der Waals surface area contributed by atoms with E-state index < -0.39 is 0 Å². The van der Waals surface area contributed by atoms with Gasteiger partial charge < -0.3 is 9.47 Å². The summed E-state index contributed by atoms with van der Waals surface area (Å²) in [5, 5.41) is 0. The van der Waals surface area contributed by atoms with E-state index in [0.717, 1.165) is 11.3 Å². The zero-order valence-corrected chi connectivity index (χ0v) is 13.8. The van der Waals surface area contributed by atoms with E-state index in [9.17, 15) is 4.79 Å². The summed E-state index contributed by atoms with van der Waals surface area (Å²) in [6.45, 7) is 4.99. The van der Waals surface area contributed by atoms with Gasteiger partial charge in [-0.25, -0.2) is 0 Å². The Balaban J connectivity index is 2.35. The van der Waals surface area contributed by atoms with Crippen molar-refractivity contribution in [3.05, 3.63) is 28.7 Å². The predicted molar refractivity (Wildman–Crippen MR) is 89.7 cm³/mol. The van der Waals surface area contributed by atoms with Crippen molar-refractivity contribution in [2.24, 2.45) is 0 Å². The lowest BCUT2D eigenvalue weighted by atomic mass is 10.1. The van der Waals surface area contributed by atoms with Crippen molar-refractivity contribution < 1.29 is 14.3 Å². The van der Waals surface area contributed by atoms with E-state index in [1.54, 1.807) is 7.05 Å². The molecular weight excluding hydrogens is 306 g/mol. The zero-order valence-electron chi connectivity index (χ0n) is 12.2. The summed E-state index contributed by atoms with van der Waals surface area (Å²) in [7, 11) is 1.68. The summed E-state index contributed by atoms with van der Waals surface area (Å²) < 4.78 is 11.7. The van der Waals surface area contributed by atoms with Gasteiger partial charge in [0.1, 0.15) is 15.8 Å². The molecule has 0 aromatic heterocycles. The van der Waals surface area contributed by atoms with Crippen LogP contribution < -0.4 is 9.47 Å². The van der Waals surface area contributed by atoms with Crippen molar-refractivity contribution >= 4 is 40.3 Å². The molecule has 0 saturated carbocycles. The number of carbonyl (C=O) groups excluding carboxylic acids is 1. The third kappa shape index (κ3) is 3.57. The van der Waals surface area contributed by atoms with Crippen molar-refractivity contribution in [3.63, 3.8) is 0 Å². The van der Waals surface area contributed by atoms with Crippen LogP contribution >= 0.6 is 24.0 Å². The highest BCUT2D eigenvalue weighted by Crippen LogP contribution is 2.34. The molecule has 1 aliphatic rings. The zero-order chi connectivity index (χ0) is 15.4. The second kappa shape index (κ2) is 6.95. The molecule has 0 unspecified atom stereocenters. The number of hydrogen-bond donors (Lipinski definition) is 0. The summed E-state index contributed by atoms with van der Waals surface area (Å²) in [6, 6.07) is 5.59. The molecule has 1 amide bonds. The van der Waals surface area contributed by atoms with Gasteiger partial charge in [-0.1, -0.05) is 24.0 Å². The maximum absolute atomic E-state index is 12.0. The second-order valence-corrected chi connectivity index (χ2v) is 5.98. The van der Waals surface area contributed by atoms with E-state index in [-0.39, 0.29) is 5.91 Å². The molecule has 0 N–H and O–H groups in total. The first kappa shape index (κ1) is 15.9. The molecule has 1 fully saturated rings. The van der Waals surface area contributed by atoms with Gasteiger partial charge in [0, 0.05) is 18.7 Å².